The lowest BCUT2D eigenvalue weighted by Gasteiger charge is -2.34. The topological polar surface area (TPSA) is 160 Å². The molecule has 1 fully saturated rings. The highest BCUT2D eigenvalue weighted by Crippen LogP contribution is 2.38. The minimum atomic E-state index is -1.30. The van der Waals surface area contributed by atoms with E-state index in [4.69, 9.17) is 19.2 Å². The van der Waals surface area contributed by atoms with Crippen LogP contribution in [-0.2, 0) is 22.6 Å². The van der Waals surface area contributed by atoms with E-state index in [9.17, 15) is 14.7 Å². The SMILES string of the molecule is COc1nc(NCC(NC(=O)OCc2ccccc2)C(=O)O)c(OC)c(N2CCC(c3ccc4c(n3)NCCC4)CC2)n1. The normalized spacial score (nSPS) is 15.4. The van der Waals surface area contributed by atoms with Crippen LogP contribution in [0.2, 0.25) is 0 Å². The summed E-state index contributed by atoms with van der Waals surface area (Å²) in [6.07, 6.45) is 3.09. The van der Waals surface area contributed by atoms with Crippen molar-refractivity contribution in [3.63, 3.8) is 0 Å². The molecule has 1 amide bonds. The molecule has 4 N–H and O–H groups in total. The summed E-state index contributed by atoms with van der Waals surface area (Å²) in [6.45, 7) is 2.20. The first kappa shape index (κ1) is 29.7. The number of carboxylic acid groups (broad SMARTS) is 1. The average molecular weight is 592 g/mol. The standard InChI is InChI=1S/C30H37N7O6/c1-41-24-26(32-17-23(28(38)39)34-30(40)43-18-19-7-4-3-5-8-19)35-29(42-2)36-27(24)37-15-12-20(13-16-37)22-11-10-21-9-6-14-31-25(21)33-22/h3-5,7-8,10-11,20,23H,6,9,12-18H2,1-2H3,(H,31,33)(H,34,40)(H,38,39)(H,32,35,36). The molecule has 2 aliphatic rings. The Bertz CT molecular complexity index is 1420. The van der Waals surface area contributed by atoms with E-state index in [1.165, 1.54) is 19.8 Å². The fourth-order valence-corrected chi connectivity index (χ4v) is 5.30. The third-order valence-corrected chi connectivity index (χ3v) is 7.62. The van der Waals surface area contributed by atoms with Crippen molar-refractivity contribution >= 4 is 29.5 Å². The first-order valence-electron chi connectivity index (χ1n) is 14.4. The monoisotopic (exact) mass is 591 g/mol. The zero-order valence-corrected chi connectivity index (χ0v) is 24.3. The Morgan fingerprint density at radius 2 is 1.86 bits per heavy atom. The van der Waals surface area contributed by atoms with Crippen molar-refractivity contribution in [1.29, 1.82) is 0 Å². The van der Waals surface area contributed by atoms with Gasteiger partial charge in [0.1, 0.15) is 18.5 Å². The molecule has 5 rings (SSSR count). The number of hydrogen-bond acceptors (Lipinski definition) is 11. The van der Waals surface area contributed by atoms with Gasteiger partial charge < -0.3 is 40.2 Å². The summed E-state index contributed by atoms with van der Waals surface area (Å²) in [5.41, 5.74) is 3.15. The minimum absolute atomic E-state index is 0.0167. The lowest BCUT2D eigenvalue weighted by molar-refractivity contribution is -0.139. The molecule has 13 heteroatoms. The van der Waals surface area contributed by atoms with E-state index in [1.54, 1.807) is 12.1 Å². The van der Waals surface area contributed by atoms with E-state index in [1.807, 2.05) is 18.2 Å². The molecule has 4 heterocycles. The number of alkyl carbamates (subject to hydrolysis) is 1. The zero-order chi connectivity index (χ0) is 30.2. The number of nitrogens with one attached hydrogen (secondary N) is 3. The van der Waals surface area contributed by atoms with Gasteiger partial charge in [-0.3, -0.25) is 0 Å². The molecule has 0 spiro atoms. The third-order valence-electron chi connectivity index (χ3n) is 7.62. The molecular weight excluding hydrogens is 554 g/mol. The molecule has 0 aliphatic carbocycles. The van der Waals surface area contributed by atoms with Crippen molar-refractivity contribution in [1.82, 2.24) is 20.3 Å². The van der Waals surface area contributed by atoms with Gasteiger partial charge in [-0.15, -0.1) is 0 Å². The van der Waals surface area contributed by atoms with Gasteiger partial charge in [-0.25, -0.2) is 14.6 Å². The number of carbonyl (C=O) groups is 2. The Labute approximate surface area is 250 Å². The fraction of sp³-hybridized carbons (Fsp3) is 0.433. The van der Waals surface area contributed by atoms with Crippen LogP contribution in [0, 0.1) is 0 Å². The van der Waals surface area contributed by atoms with Crippen LogP contribution < -0.4 is 30.3 Å². The van der Waals surface area contributed by atoms with Crippen LogP contribution in [0.5, 0.6) is 11.8 Å². The van der Waals surface area contributed by atoms with E-state index in [0.717, 1.165) is 49.3 Å². The van der Waals surface area contributed by atoms with Gasteiger partial charge in [0.05, 0.1) is 14.2 Å². The maximum atomic E-state index is 12.3. The van der Waals surface area contributed by atoms with Crippen LogP contribution in [0.1, 0.15) is 42.0 Å². The number of aryl methyl sites for hydroxylation is 1. The summed E-state index contributed by atoms with van der Waals surface area (Å²) in [4.78, 5) is 40.2. The lowest BCUT2D eigenvalue weighted by atomic mass is 9.92. The van der Waals surface area contributed by atoms with Crippen LogP contribution >= 0.6 is 0 Å². The summed E-state index contributed by atoms with van der Waals surface area (Å²) in [7, 11) is 2.96. The van der Waals surface area contributed by atoms with Gasteiger partial charge >= 0.3 is 18.1 Å². The Morgan fingerprint density at radius 1 is 1.07 bits per heavy atom. The van der Waals surface area contributed by atoms with Gasteiger partial charge in [0.2, 0.25) is 5.75 Å². The number of methoxy groups -OCH3 is 2. The summed E-state index contributed by atoms with van der Waals surface area (Å²) < 4.78 is 16.2. The number of aliphatic carboxylic acids is 1. The number of amides is 1. The second-order valence-electron chi connectivity index (χ2n) is 10.4. The minimum Gasteiger partial charge on any atom is -0.490 e. The summed E-state index contributed by atoms with van der Waals surface area (Å²) in [6, 6.07) is 12.2. The summed E-state index contributed by atoms with van der Waals surface area (Å²) in [5.74, 6) is 1.23. The van der Waals surface area contributed by atoms with Gasteiger partial charge in [-0.1, -0.05) is 36.4 Å². The second-order valence-corrected chi connectivity index (χ2v) is 10.4. The third kappa shape index (κ3) is 7.34. The van der Waals surface area contributed by atoms with Gasteiger partial charge in [0, 0.05) is 37.8 Å². The first-order chi connectivity index (χ1) is 20.9. The van der Waals surface area contributed by atoms with E-state index in [2.05, 4.69) is 43.0 Å². The van der Waals surface area contributed by atoms with Crippen LogP contribution in [0.15, 0.2) is 42.5 Å². The highest BCUT2D eigenvalue weighted by molar-refractivity contribution is 5.80. The highest BCUT2D eigenvalue weighted by atomic mass is 16.5. The van der Waals surface area contributed by atoms with Gasteiger partial charge in [0.15, 0.2) is 11.6 Å². The average Bonchev–Trinajstić information content (AvgIpc) is 3.05. The number of benzene rings is 1. The molecule has 2 aliphatic heterocycles. The number of ether oxygens (including phenoxy) is 3. The van der Waals surface area contributed by atoms with Crippen LogP contribution in [-0.4, -0.2) is 78.6 Å². The molecule has 1 aromatic carbocycles. The van der Waals surface area contributed by atoms with Crippen molar-refractivity contribution in [2.45, 2.75) is 44.2 Å². The zero-order valence-electron chi connectivity index (χ0n) is 24.3. The lowest BCUT2D eigenvalue weighted by Crippen LogP contribution is -2.45. The van der Waals surface area contributed by atoms with E-state index < -0.39 is 18.1 Å². The molecule has 3 aromatic rings. The Balaban J connectivity index is 1.24. The number of pyridine rings is 1. The molecular formula is C30H37N7O6. The smallest absolute Gasteiger partial charge is 0.408 e. The molecule has 0 saturated carbocycles. The molecule has 0 radical (unpaired) electrons. The maximum absolute atomic E-state index is 12.3. The molecule has 1 saturated heterocycles. The molecule has 1 atom stereocenters. The van der Waals surface area contributed by atoms with E-state index >= 15 is 0 Å². The second kappa shape index (κ2) is 13.9. The molecule has 1 unspecified atom stereocenters. The molecule has 2 aromatic heterocycles. The predicted molar refractivity (Wildman–Crippen MR) is 160 cm³/mol. The maximum Gasteiger partial charge on any atom is 0.408 e. The quantitative estimate of drug-likeness (QED) is 0.258. The number of anilines is 3. The first-order valence-corrected chi connectivity index (χ1v) is 14.4. The summed E-state index contributed by atoms with van der Waals surface area (Å²) in [5, 5.41) is 18.5. The van der Waals surface area contributed by atoms with Crippen LogP contribution in [0.4, 0.5) is 22.2 Å². The molecule has 0 bridgehead atoms. The van der Waals surface area contributed by atoms with Crippen molar-refractivity contribution in [3.05, 3.63) is 59.3 Å². The Morgan fingerprint density at radius 3 is 2.58 bits per heavy atom. The van der Waals surface area contributed by atoms with E-state index in [0.29, 0.717) is 30.6 Å². The van der Waals surface area contributed by atoms with Gasteiger partial charge in [-0.05, 0) is 42.9 Å². The van der Waals surface area contributed by atoms with Crippen LogP contribution in [0.25, 0.3) is 0 Å². The number of carbonyl (C=O) groups excluding carboxylic acids is 1. The number of hydrogen-bond donors (Lipinski definition) is 4. The number of fused-ring (bicyclic) bond motifs is 1. The number of carboxylic acids is 1. The van der Waals surface area contributed by atoms with E-state index in [-0.39, 0.29) is 25.0 Å². The van der Waals surface area contributed by atoms with Crippen molar-refractivity contribution < 1.29 is 28.9 Å². The fourth-order valence-electron chi connectivity index (χ4n) is 5.30. The Kier molecular flexibility index (Phi) is 9.59. The largest absolute Gasteiger partial charge is 0.490 e. The van der Waals surface area contributed by atoms with Crippen LogP contribution in [0.3, 0.4) is 0 Å². The number of rotatable bonds is 11. The molecule has 43 heavy (non-hydrogen) atoms. The van der Waals surface area contributed by atoms with Gasteiger partial charge in [-0.2, -0.15) is 9.97 Å². The molecule has 228 valence electrons. The van der Waals surface area contributed by atoms with Crippen molar-refractivity contribution in [2.24, 2.45) is 0 Å². The Hall–Kier alpha value is -4.81. The summed E-state index contributed by atoms with van der Waals surface area (Å²) >= 11 is 0. The predicted octanol–water partition coefficient (Wildman–Crippen LogP) is 3.42. The van der Waals surface area contributed by atoms with Crippen molar-refractivity contribution in [2.75, 3.05) is 55.9 Å². The number of aromatic nitrogens is 3. The van der Waals surface area contributed by atoms with Gasteiger partial charge in [0.25, 0.3) is 0 Å². The van der Waals surface area contributed by atoms with Crippen molar-refractivity contribution in [3.8, 4) is 11.8 Å². The highest BCUT2D eigenvalue weighted by Gasteiger charge is 2.29. The number of nitrogens with zero attached hydrogens (tertiary/aromatic N) is 4. The molecule has 13 nitrogen and oxygen atoms in total. The number of piperidine rings is 1.